The summed E-state index contributed by atoms with van der Waals surface area (Å²) in [6.45, 7) is 1.56. The van der Waals surface area contributed by atoms with E-state index in [0.717, 1.165) is 25.0 Å². The second kappa shape index (κ2) is 9.00. The van der Waals surface area contributed by atoms with Gasteiger partial charge in [-0.1, -0.05) is 46.3 Å². The summed E-state index contributed by atoms with van der Waals surface area (Å²) in [6, 6.07) is 10.2. The van der Waals surface area contributed by atoms with Crippen LogP contribution in [0.25, 0.3) is 0 Å². The van der Waals surface area contributed by atoms with Crippen molar-refractivity contribution in [3.05, 3.63) is 35.9 Å². The third kappa shape index (κ3) is 6.49. The minimum Gasteiger partial charge on any atom is -1.00 e. The Hall–Kier alpha value is 0.426. The number of ether oxygens (including phenoxy) is 1. The quantitative estimate of drug-likeness (QED) is 0.447. The van der Waals surface area contributed by atoms with E-state index >= 15 is 0 Å². The molecule has 1 nitrogen and oxygen atoms in total. The Bertz CT molecular complexity index is 212. The SMILES string of the molecule is BrCCCOCc1ccccc1.[H-].[H-].[Mg+2]. The Morgan fingerprint density at radius 3 is 2.54 bits per heavy atom. The molecule has 0 heterocycles. The summed E-state index contributed by atoms with van der Waals surface area (Å²) < 4.78 is 5.43. The van der Waals surface area contributed by atoms with Crippen molar-refractivity contribution in [1.82, 2.24) is 0 Å². The van der Waals surface area contributed by atoms with Gasteiger partial charge in [-0.15, -0.1) is 0 Å². The van der Waals surface area contributed by atoms with Crippen LogP contribution in [0.1, 0.15) is 14.8 Å². The van der Waals surface area contributed by atoms with Gasteiger partial charge in [0, 0.05) is 11.9 Å². The van der Waals surface area contributed by atoms with Crippen LogP contribution in [-0.2, 0) is 11.3 Å². The first kappa shape index (κ1) is 13.4. The second-order valence-electron chi connectivity index (χ2n) is 2.58. The summed E-state index contributed by atoms with van der Waals surface area (Å²) in [6.07, 6.45) is 1.08. The maximum atomic E-state index is 5.43. The normalized spacial score (nSPS) is 9.31. The summed E-state index contributed by atoms with van der Waals surface area (Å²) in [5.74, 6) is 0. The third-order valence-electron chi connectivity index (χ3n) is 1.53. The van der Waals surface area contributed by atoms with E-state index in [1.165, 1.54) is 5.56 Å². The average Bonchev–Trinajstić information content (AvgIpc) is 2.14. The van der Waals surface area contributed by atoms with Crippen molar-refractivity contribution >= 4 is 39.0 Å². The van der Waals surface area contributed by atoms with E-state index in [-0.39, 0.29) is 25.9 Å². The van der Waals surface area contributed by atoms with E-state index in [4.69, 9.17) is 4.74 Å². The van der Waals surface area contributed by atoms with E-state index in [0.29, 0.717) is 0 Å². The molecule has 0 aliphatic rings. The number of alkyl halides is 1. The van der Waals surface area contributed by atoms with Crippen molar-refractivity contribution in [3.8, 4) is 0 Å². The Kier molecular flexibility index (Phi) is 9.29. The van der Waals surface area contributed by atoms with Gasteiger partial charge in [0.05, 0.1) is 6.61 Å². The van der Waals surface area contributed by atoms with Crippen molar-refractivity contribution < 1.29 is 7.59 Å². The minimum atomic E-state index is 0. The van der Waals surface area contributed by atoms with Crippen LogP contribution in [-0.4, -0.2) is 35.0 Å². The fourth-order valence-electron chi connectivity index (χ4n) is 0.921. The molecule has 0 amide bonds. The van der Waals surface area contributed by atoms with Gasteiger partial charge in [0.2, 0.25) is 0 Å². The molecule has 0 fully saturated rings. The van der Waals surface area contributed by atoms with Crippen LogP contribution in [0.5, 0.6) is 0 Å². The fourth-order valence-corrected chi connectivity index (χ4v) is 1.15. The van der Waals surface area contributed by atoms with E-state index in [1.807, 2.05) is 18.2 Å². The van der Waals surface area contributed by atoms with E-state index < -0.39 is 0 Å². The third-order valence-corrected chi connectivity index (χ3v) is 2.09. The Labute approximate surface area is 107 Å². The Morgan fingerprint density at radius 2 is 1.92 bits per heavy atom. The van der Waals surface area contributed by atoms with Gasteiger partial charge in [-0.05, 0) is 12.0 Å². The van der Waals surface area contributed by atoms with Crippen LogP contribution in [0.2, 0.25) is 0 Å². The fraction of sp³-hybridized carbons (Fsp3) is 0.400. The molecular formula is C10H15BrMgO. The molecule has 0 bridgehead atoms. The molecule has 0 aliphatic heterocycles. The van der Waals surface area contributed by atoms with E-state index in [9.17, 15) is 0 Å². The summed E-state index contributed by atoms with van der Waals surface area (Å²) in [5, 5.41) is 1.02. The summed E-state index contributed by atoms with van der Waals surface area (Å²) >= 11 is 3.36. The first-order chi connectivity index (χ1) is 5.93. The number of hydrogen-bond acceptors (Lipinski definition) is 1. The Morgan fingerprint density at radius 1 is 1.23 bits per heavy atom. The number of halogens is 1. The smallest absolute Gasteiger partial charge is 1.00 e. The maximum absolute atomic E-state index is 5.43. The monoisotopic (exact) mass is 254 g/mol. The van der Waals surface area contributed by atoms with Gasteiger partial charge in [-0.2, -0.15) is 0 Å². The van der Waals surface area contributed by atoms with Crippen molar-refractivity contribution in [2.75, 3.05) is 11.9 Å². The number of rotatable bonds is 5. The van der Waals surface area contributed by atoms with Crippen LogP contribution < -0.4 is 0 Å². The zero-order chi connectivity index (χ0) is 8.65. The maximum Gasteiger partial charge on any atom is 2.00 e. The molecule has 0 spiro atoms. The second-order valence-corrected chi connectivity index (χ2v) is 3.37. The molecule has 0 atom stereocenters. The van der Waals surface area contributed by atoms with Gasteiger partial charge < -0.3 is 7.59 Å². The molecule has 0 N–H and O–H groups in total. The average molecular weight is 255 g/mol. The number of hydrogen-bond donors (Lipinski definition) is 0. The first-order valence-corrected chi connectivity index (χ1v) is 5.23. The van der Waals surface area contributed by atoms with Crippen LogP contribution >= 0.6 is 15.9 Å². The molecular weight excluding hydrogens is 240 g/mol. The first-order valence-electron chi connectivity index (χ1n) is 4.11. The molecule has 0 aromatic heterocycles. The number of benzene rings is 1. The van der Waals surface area contributed by atoms with Crippen LogP contribution in [0.4, 0.5) is 0 Å². The Balaban J connectivity index is -0.000000480. The van der Waals surface area contributed by atoms with E-state index in [2.05, 4.69) is 28.1 Å². The van der Waals surface area contributed by atoms with Crippen LogP contribution in [0, 0.1) is 0 Å². The van der Waals surface area contributed by atoms with Crippen molar-refractivity contribution in [2.45, 2.75) is 13.0 Å². The predicted octanol–water partition coefficient (Wildman–Crippen LogP) is 2.83. The zero-order valence-electron chi connectivity index (χ0n) is 9.71. The molecule has 1 aromatic carbocycles. The largest absolute Gasteiger partial charge is 2.00 e. The van der Waals surface area contributed by atoms with Crippen molar-refractivity contribution in [1.29, 1.82) is 0 Å². The van der Waals surface area contributed by atoms with Gasteiger partial charge in [0.1, 0.15) is 0 Å². The molecule has 13 heavy (non-hydrogen) atoms. The van der Waals surface area contributed by atoms with E-state index in [1.54, 1.807) is 0 Å². The zero-order valence-corrected chi connectivity index (χ0v) is 10.7. The molecule has 1 aromatic rings. The van der Waals surface area contributed by atoms with Crippen LogP contribution in [0.3, 0.4) is 0 Å². The summed E-state index contributed by atoms with van der Waals surface area (Å²) in [5.41, 5.74) is 1.24. The van der Waals surface area contributed by atoms with Crippen molar-refractivity contribution in [3.63, 3.8) is 0 Å². The summed E-state index contributed by atoms with van der Waals surface area (Å²) in [7, 11) is 0. The summed E-state index contributed by atoms with van der Waals surface area (Å²) in [4.78, 5) is 0. The molecule has 0 unspecified atom stereocenters. The molecule has 0 aliphatic carbocycles. The van der Waals surface area contributed by atoms with Gasteiger partial charge >= 0.3 is 23.1 Å². The molecule has 3 heteroatoms. The van der Waals surface area contributed by atoms with Gasteiger partial charge in [0.25, 0.3) is 0 Å². The predicted molar refractivity (Wildman–Crippen MR) is 62.5 cm³/mol. The topological polar surface area (TPSA) is 9.23 Å². The molecule has 0 saturated carbocycles. The molecule has 1 rings (SSSR count). The van der Waals surface area contributed by atoms with Crippen molar-refractivity contribution in [2.24, 2.45) is 0 Å². The van der Waals surface area contributed by atoms with Crippen LogP contribution in [0.15, 0.2) is 30.3 Å². The van der Waals surface area contributed by atoms with Gasteiger partial charge in [-0.25, -0.2) is 0 Å². The van der Waals surface area contributed by atoms with Gasteiger partial charge in [-0.3, -0.25) is 0 Å². The minimum absolute atomic E-state index is 0. The van der Waals surface area contributed by atoms with Gasteiger partial charge in [0.15, 0.2) is 0 Å². The molecule has 0 radical (unpaired) electrons. The standard InChI is InChI=1S/C10H13BrO.Mg.2H/c11-7-4-8-12-9-10-5-2-1-3-6-10;;;/h1-3,5-6H,4,7-9H2;;;/q;+2;2*-1. The molecule has 70 valence electrons. The molecule has 0 saturated heterocycles.